The molecule has 0 radical (unpaired) electrons. The van der Waals surface area contributed by atoms with Crippen molar-refractivity contribution in [2.75, 3.05) is 11.4 Å². The lowest BCUT2D eigenvalue weighted by Gasteiger charge is -2.22. The predicted octanol–water partition coefficient (Wildman–Crippen LogP) is 3.72. The lowest BCUT2D eigenvalue weighted by atomic mass is 10.1. The van der Waals surface area contributed by atoms with E-state index in [9.17, 15) is 14.0 Å². The van der Waals surface area contributed by atoms with Crippen LogP contribution in [0.1, 0.15) is 11.1 Å². The van der Waals surface area contributed by atoms with Crippen LogP contribution in [0, 0.1) is 5.82 Å². The second-order valence-electron chi connectivity index (χ2n) is 6.31. The number of carbonyl (C=O) groups excluding carboxylic acids is 2. The summed E-state index contributed by atoms with van der Waals surface area (Å²) in [6.07, 6.45) is 0.315. The van der Waals surface area contributed by atoms with Crippen molar-refractivity contribution < 1.29 is 14.0 Å². The Morgan fingerprint density at radius 3 is 2.11 bits per heavy atom. The average molecular weight is 376 g/mol. The number of nitrogens with one attached hydrogen (secondary N) is 1. The Morgan fingerprint density at radius 2 is 1.43 bits per heavy atom. The molecule has 3 rings (SSSR count). The Kier molecular flexibility index (Phi) is 6.52. The van der Waals surface area contributed by atoms with Crippen LogP contribution in [-0.2, 0) is 22.6 Å². The van der Waals surface area contributed by atoms with Crippen LogP contribution in [0.3, 0.4) is 0 Å². The standard InChI is InChI=1S/C23H21FN2O2/c24-21-14-8-7-11-19(21)15-16-25-22(27)23(28)26(20-12-5-2-6-13-20)17-18-9-3-1-4-10-18/h1-14H,15-17H2,(H,25,27). The zero-order chi connectivity index (χ0) is 19.8. The first-order chi connectivity index (χ1) is 13.6. The minimum absolute atomic E-state index is 0.180. The van der Waals surface area contributed by atoms with Gasteiger partial charge in [0.15, 0.2) is 0 Å². The maximum atomic E-state index is 13.7. The van der Waals surface area contributed by atoms with E-state index in [0.717, 1.165) is 5.56 Å². The Labute approximate surface area is 163 Å². The molecule has 0 fully saturated rings. The third-order valence-corrected chi connectivity index (χ3v) is 4.33. The molecule has 0 atom stereocenters. The first-order valence-electron chi connectivity index (χ1n) is 9.07. The highest BCUT2D eigenvalue weighted by atomic mass is 19.1. The summed E-state index contributed by atoms with van der Waals surface area (Å²) in [6.45, 7) is 0.462. The van der Waals surface area contributed by atoms with Gasteiger partial charge in [0.2, 0.25) is 0 Å². The zero-order valence-electron chi connectivity index (χ0n) is 15.3. The minimum atomic E-state index is -0.712. The number of halogens is 1. The Morgan fingerprint density at radius 1 is 0.821 bits per heavy atom. The number of nitrogens with zero attached hydrogens (tertiary/aromatic N) is 1. The number of hydrogen-bond acceptors (Lipinski definition) is 2. The molecule has 0 aromatic heterocycles. The van der Waals surface area contributed by atoms with Crippen molar-refractivity contribution in [1.29, 1.82) is 0 Å². The Balaban J connectivity index is 1.68. The smallest absolute Gasteiger partial charge is 0.316 e. The summed E-state index contributed by atoms with van der Waals surface area (Å²) in [5, 5.41) is 2.60. The highest BCUT2D eigenvalue weighted by Gasteiger charge is 2.23. The highest BCUT2D eigenvalue weighted by molar-refractivity contribution is 6.40. The van der Waals surface area contributed by atoms with Crippen molar-refractivity contribution in [3.63, 3.8) is 0 Å². The molecule has 0 saturated heterocycles. The molecule has 0 aliphatic heterocycles. The van der Waals surface area contributed by atoms with E-state index < -0.39 is 11.8 Å². The molecule has 1 N–H and O–H groups in total. The van der Waals surface area contributed by atoms with E-state index in [1.807, 2.05) is 48.5 Å². The summed E-state index contributed by atoms with van der Waals surface area (Å²) in [6, 6.07) is 24.9. The van der Waals surface area contributed by atoms with Gasteiger partial charge in [0, 0.05) is 12.2 Å². The zero-order valence-corrected chi connectivity index (χ0v) is 15.3. The Hall–Kier alpha value is -3.47. The van der Waals surface area contributed by atoms with Crippen molar-refractivity contribution in [2.45, 2.75) is 13.0 Å². The van der Waals surface area contributed by atoms with Crippen molar-refractivity contribution >= 4 is 17.5 Å². The molecular formula is C23H21FN2O2. The molecule has 0 bridgehead atoms. The summed E-state index contributed by atoms with van der Waals surface area (Å²) < 4.78 is 13.7. The summed E-state index contributed by atoms with van der Waals surface area (Å²) in [4.78, 5) is 26.7. The lowest BCUT2D eigenvalue weighted by molar-refractivity contribution is -0.137. The molecular weight excluding hydrogens is 355 g/mol. The van der Waals surface area contributed by atoms with Crippen LogP contribution >= 0.6 is 0 Å². The van der Waals surface area contributed by atoms with Crippen LogP contribution in [0.15, 0.2) is 84.9 Å². The second-order valence-corrected chi connectivity index (χ2v) is 6.31. The van der Waals surface area contributed by atoms with Crippen LogP contribution < -0.4 is 10.2 Å². The van der Waals surface area contributed by atoms with E-state index in [4.69, 9.17) is 0 Å². The van der Waals surface area contributed by atoms with Crippen LogP contribution in [0.2, 0.25) is 0 Å². The third-order valence-electron chi connectivity index (χ3n) is 4.33. The SMILES string of the molecule is O=C(NCCc1ccccc1F)C(=O)N(Cc1ccccc1)c1ccccc1. The fourth-order valence-electron chi connectivity index (χ4n) is 2.86. The molecule has 0 heterocycles. The number of amides is 2. The van der Waals surface area contributed by atoms with Crippen molar-refractivity contribution in [3.05, 3.63) is 102 Å². The fraction of sp³-hybridized carbons (Fsp3) is 0.130. The molecule has 0 aliphatic rings. The van der Waals surface area contributed by atoms with Crippen LogP contribution in [-0.4, -0.2) is 18.4 Å². The molecule has 0 spiro atoms. The molecule has 0 aliphatic carbocycles. The van der Waals surface area contributed by atoms with Gasteiger partial charge in [-0.1, -0.05) is 66.7 Å². The van der Waals surface area contributed by atoms with Gasteiger partial charge in [-0.2, -0.15) is 0 Å². The van der Waals surface area contributed by atoms with Gasteiger partial charge >= 0.3 is 11.8 Å². The molecule has 0 unspecified atom stereocenters. The van der Waals surface area contributed by atoms with E-state index in [1.54, 1.807) is 30.3 Å². The summed E-state index contributed by atoms with van der Waals surface area (Å²) >= 11 is 0. The summed E-state index contributed by atoms with van der Waals surface area (Å²) in [5.41, 5.74) is 2.05. The van der Waals surface area contributed by atoms with E-state index in [2.05, 4.69) is 5.32 Å². The topological polar surface area (TPSA) is 49.4 Å². The van der Waals surface area contributed by atoms with E-state index in [-0.39, 0.29) is 18.9 Å². The van der Waals surface area contributed by atoms with Gasteiger partial charge in [-0.25, -0.2) is 4.39 Å². The minimum Gasteiger partial charge on any atom is -0.347 e. The maximum Gasteiger partial charge on any atom is 0.316 e. The molecule has 0 saturated carbocycles. The summed E-state index contributed by atoms with van der Waals surface area (Å²) in [5.74, 6) is -1.68. The van der Waals surface area contributed by atoms with Crippen molar-refractivity contribution in [2.24, 2.45) is 0 Å². The van der Waals surface area contributed by atoms with Gasteiger partial charge in [-0.15, -0.1) is 0 Å². The highest BCUT2D eigenvalue weighted by Crippen LogP contribution is 2.17. The van der Waals surface area contributed by atoms with Gasteiger partial charge < -0.3 is 5.32 Å². The van der Waals surface area contributed by atoms with Gasteiger partial charge in [0.1, 0.15) is 5.82 Å². The Bertz CT molecular complexity index is 930. The number of hydrogen-bond donors (Lipinski definition) is 1. The number of rotatable bonds is 6. The summed E-state index contributed by atoms with van der Waals surface area (Å²) in [7, 11) is 0. The molecule has 28 heavy (non-hydrogen) atoms. The molecule has 3 aromatic carbocycles. The van der Waals surface area contributed by atoms with Gasteiger partial charge in [0.25, 0.3) is 0 Å². The quantitative estimate of drug-likeness (QED) is 0.667. The molecule has 4 nitrogen and oxygen atoms in total. The number of para-hydroxylation sites is 1. The number of anilines is 1. The molecule has 142 valence electrons. The first kappa shape index (κ1) is 19.3. The van der Waals surface area contributed by atoms with E-state index >= 15 is 0 Å². The van der Waals surface area contributed by atoms with Crippen LogP contribution in [0.5, 0.6) is 0 Å². The van der Waals surface area contributed by atoms with Gasteiger partial charge in [-0.05, 0) is 35.7 Å². The normalized spacial score (nSPS) is 10.3. The lowest BCUT2D eigenvalue weighted by Crippen LogP contribution is -2.43. The van der Waals surface area contributed by atoms with Gasteiger partial charge in [-0.3, -0.25) is 14.5 Å². The molecule has 5 heteroatoms. The maximum absolute atomic E-state index is 13.7. The second kappa shape index (κ2) is 9.46. The fourth-order valence-corrected chi connectivity index (χ4v) is 2.86. The van der Waals surface area contributed by atoms with Crippen LogP contribution in [0.25, 0.3) is 0 Å². The first-order valence-corrected chi connectivity index (χ1v) is 9.07. The molecule has 3 aromatic rings. The van der Waals surface area contributed by atoms with Crippen LogP contribution in [0.4, 0.5) is 10.1 Å². The predicted molar refractivity (Wildman–Crippen MR) is 107 cm³/mol. The van der Waals surface area contributed by atoms with E-state index in [0.29, 0.717) is 17.7 Å². The van der Waals surface area contributed by atoms with Crippen molar-refractivity contribution in [3.8, 4) is 0 Å². The van der Waals surface area contributed by atoms with Gasteiger partial charge in [0.05, 0.1) is 6.54 Å². The molecule has 2 amide bonds. The largest absolute Gasteiger partial charge is 0.347 e. The number of carbonyl (C=O) groups is 2. The van der Waals surface area contributed by atoms with E-state index in [1.165, 1.54) is 11.0 Å². The average Bonchev–Trinajstić information content (AvgIpc) is 2.74. The monoisotopic (exact) mass is 376 g/mol. The van der Waals surface area contributed by atoms with Crippen molar-refractivity contribution in [1.82, 2.24) is 5.32 Å². The third kappa shape index (κ3) is 5.04. The number of benzene rings is 3.